The lowest BCUT2D eigenvalue weighted by atomic mass is 10.2. The largest absolute Gasteiger partial charge is 0.480 e. The fourth-order valence-corrected chi connectivity index (χ4v) is 2.06. The zero-order valence-electron chi connectivity index (χ0n) is 9.36. The van der Waals surface area contributed by atoms with Crippen molar-refractivity contribution in [3.63, 3.8) is 0 Å². The van der Waals surface area contributed by atoms with Crippen LogP contribution in [0.2, 0.25) is 0 Å². The van der Waals surface area contributed by atoms with Gasteiger partial charge in [0, 0.05) is 18.1 Å². The fourth-order valence-electron chi connectivity index (χ4n) is 1.27. The zero-order chi connectivity index (χ0) is 11.1. The summed E-state index contributed by atoms with van der Waals surface area (Å²) in [5.41, 5.74) is 0.878. The Balaban J connectivity index is 2.80. The van der Waals surface area contributed by atoms with Gasteiger partial charge >= 0.3 is 0 Å². The molecular formula is C10H17N3OS. The monoisotopic (exact) mass is 227 g/mol. The molecule has 0 saturated carbocycles. The molecule has 1 aromatic heterocycles. The van der Waals surface area contributed by atoms with E-state index >= 15 is 0 Å². The van der Waals surface area contributed by atoms with E-state index in [9.17, 15) is 0 Å². The summed E-state index contributed by atoms with van der Waals surface area (Å²) < 4.78 is 5.19. The van der Waals surface area contributed by atoms with Crippen molar-refractivity contribution < 1.29 is 4.74 Å². The number of methoxy groups -OCH3 is 1. The maximum Gasteiger partial charge on any atom is 0.237 e. The molecule has 0 radical (unpaired) electrons. The van der Waals surface area contributed by atoms with Gasteiger partial charge in [-0.1, -0.05) is 6.92 Å². The van der Waals surface area contributed by atoms with Crippen LogP contribution in [0.3, 0.4) is 0 Å². The van der Waals surface area contributed by atoms with Gasteiger partial charge in [0.2, 0.25) is 5.88 Å². The number of hydrogen-bond donors (Lipinski definition) is 1. The molecule has 0 spiro atoms. The summed E-state index contributed by atoms with van der Waals surface area (Å²) in [6, 6.07) is 0.193. The lowest BCUT2D eigenvalue weighted by Crippen LogP contribution is -2.21. The maximum atomic E-state index is 5.19. The minimum Gasteiger partial charge on any atom is -0.480 e. The van der Waals surface area contributed by atoms with Gasteiger partial charge in [-0.3, -0.25) is 4.98 Å². The third-order valence-corrected chi connectivity index (χ3v) is 3.03. The van der Waals surface area contributed by atoms with E-state index in [-0.39, 0.29) is 6.04 Å². The molecule has 1 N–H and O–H groups in total. The van der Waals surface area contributed by atoms with Gasteiger partial charge in [-0.05, 0) is 12.8 Å². The van der Waals surface area contributed by atoms with Crippen LogP contribution in [-0.2, 0) is 0 Å². The smallest absolute Gasteiger partial charge is 0.237 e. The van der Waals surface area contributed by atoms with E-state index in [0.717, 1.165) is 17.2 Å². The van der Waals surface area contributed by atoms with Gasteiger partial charge < -0.3 is 10.1 Å². The fraction of sp³-hybridized carbons (Fsp3) is 0.600. The molecule has 5 heteroatoms. The molecule has 0 aliphatic heterocycles. The van der Waals surface area contributed by atoms with Crippen LogP contribution in [-0.4, -0.2) is 35.6 Å². The first kappa shape index (κ1) is 12.3. The van der Waals surface area contributed by atoms with E-state index in [1.807, 2.05) is 18.8 Å². The molecule has 84 valence electrons. The quantitative estimate of drug-likeness (QED) is 0.798. The molecule has 0 saturated heterocycles. The van der Waals surface area contributed by atoms with E-state index in [1.165, 1.54) is 0 Å². The Bertz CT molecular complexity index is 296. The van der Waals surface area contributed by atoms with E-state index < -0.39 is 0 Å². The first-order valence-corrected chi connectivity index (χ1v) is 6.08. The van der Waals surface area contributed by atoms with Gasteiger partial charge in [-0.2, -0.15) is 11.8 Å². The molecule has 1 aromatic rings. The van der Waals surface area contributed by atoms with Crippen LogP contribution < -0.4 is 10.1 Å². The minimum atomic E-state index is 0.193. The third-order valence-electron chi connectivity index (χ3n) is 2.05. The summed E-state index contributed by atoms with van der Waals surface area (Å²) >= 11 is 1.87. The van der Waals surface area contributed by atoms with Crippen LogP contribution in [0.5, 0.6) is 5.88 Å². The highest BCUT2D eigenvalue weighted by Crippen LogP contribution is 2.22. The number of ether oxygens (including phenoxy) is 1. The summed E-state index contributed by atoms with van der Waals surface area (Å²) in [5.74, 6) is 2.68. The molecule has 0 bridgehead atoms. The Hall–Kier alpha value is -0.810. The number of aromatic nitrogens is 2. The summed E-state index contributed by atoms with van der Waals surface area (Å²) in [4.78, 5) is 8.45. The molecule has 15 heavy (non-hydrogen) atoms. The predicted molar refractivity (Wildman–Crippen MR) is 63.4 cm³/mol. The van der Waals surface area contributed by atoms with Crippen molar-refractivity contribution in [1.82, 2.24) is 15.3 Å². The Morgan fingerprint density at radius 3 is 2.80 bits per heavy atom. The highest BCUT2D eigenvalue weighted by Gasteiger charge is 2.16. The van der Waals surface area contributed by atoms with Crippen molar-refractivity contribution in [2.24, 2.45) is 0 Å². The van der Waals surface area contributed by atoms with Crippen LogP contribution in [0.1, 0.15) is 18.7 Å². The Kier molecular flexibility index (Phi) is 5.42. The molecule has 1 atom stereocenters. The average Bonchev–Trinajstić information content (AvgIpc) is 2.30. The van der Waals surface area contributed by atoms with E-state index in [0.29, 0.717) is 5.88 Å². The Morgan fingerprint density at radius 2 is 2.20 bits per heavy atom. The summed E-state index contributed by atoms with van der Waals surface area (Å²) in [6.45, 7) is 2.14. The summed E-state index contributed by atoms with van der Waals surface area (Å²) in [7, 11) is 3.54. The number of rotatable bonds is 6. The number of nitrogens with zero attached hydrogens (tertiary/aromatic N) is 2. The molecular weight excluding hydrogens is 210 g/mol. The normalized spacial score (nSPS) is 12.5. The van der Waals surface area contributed by atoms with E-state index in [4.69, 9.17) is 4.74 Å². The first-order valence-electron chi connectivity index (χ1n) is 4.93. The van der Waals surface area contributed by atoms with Crippen molar-refractivity contribution in [2.75, 3.05) is 25.7 Å². The first-order chi connectivity index (χ1) is 7.33. The highest BCUT2D eigenvalue weighted by molar-refractivity contribution is 7.99. The van der Waals surface area contributed by atoms with Gasteiger partial charge in [-0.25, -0.2) is 4.98 Å². The second-order valence-corrected chi connectivity index (χ2v) is 4.27. The molecule has 0 aliphatic rings. The zero-order valence-corrected chi connectivity index (χ0v) is 10.2. The van der Waals surface area contributed by atoms with Crippen LogP contribution in [0, 0.1) is 0 Å². The molecule has 4 nitrogen and oxygen atoms in total. The molecule has 0 amide bonds. The van der Waals surface area contributed by atoms with Crippen LogP contribution in [0.25, 0.3) is 0 Å². The van der Waals surface area contributed by atoms with Crippen molar-refractivity contribution in [1.29, 1.82) is 0 Å². The van der Waals surface area contributed by atoms with Crippen LogP contribution in [0.4, 0.5) is 0 Å². The van der Waals surface area contributed by atoms with Gasteiger partial charge in [0.05, 0.1) is 13.2 Å². The number of hydrogen-bond acceptors (Lipinski definition) is 5. The lowest BCUT2D eigenvalue weighted by molar-refractivity contribution is 0.383. The minimum absolute atomic E-state index is 0.193. The van der Waals surface area contributed by atoms with Crippen LogP contribution in [0.15, 0.2) is 12.4 Å². The standard InChI is InChI=1S/C10H17N3OS/c1-4-15-7-8(11-2)9-10(14-3)13-6-5-12-9/h5-6,8,11H,4,7H2,1-3H3. The van der Waals surface area contributed by atoms with E-state index in [1.54, 1.807) is 19.5 Å². The second-order valence-electron chi connectivity index (χ2n) is 2.95. The molecule has 0 aliphatic carbocycles. The van der Waals surface area contributed by atoms with Crippen molar-refractivity contribution in [3.05, 3.63) is 18.1 Å². The molecule has 1 rings (SSSR count). The highest BCUT2D eigenvalue weighted by atomic mass is 32.2. The lowest BCUT2D eigenvalue weighted by Gasteiger charge is -2.16. The number of thioether (sulfide) groups is 1. The third kappa shape index (κ3) is 3.35. The van der Waals surface area contributed by atoms with Gasteiger partial charge in [-0.15, -0.1) is 0 Å². The maximum absolute atomic E-state index is 5.19. The summed E-state index contributed by atoms with van der Waals surface area (Å²) in [5, 5.41) is 3.22. The van der Waals surface area contributed by atoms with Gasteiger partial charge in [0.15, 0.2) is 0 Å². The molecule has 0 fully saturated rings. The van der Waals surface area contributed by atoms with Crippen molar-refractivity contribution in [2.45, 2.75) is 13.0 Å². The molecule has 0 aromatic carbocycles. The Morgan fingerprint density at radius 1 is 1.47 bits per heavy atom. The average molecular weight is 227 g/mol. The van der Waals surface area contributed by atoms with Gasteiger partial charge in [0.1, 0.15) is 5.69 Å². The predicted octanol–water partition coefficient (Wildman–Crippen LogP) is 1.50. The van der Waals surface area contributed by atoms with Crippen molar-refractivity contribution >= 4 is 11.8 Å². The Labute approximate surface area is 94.8 Å². The topological polar surface area (TPSA) is 47.0 Å². The van der Waals surface area contributed by atoms with Crippen LogP contribution >= 0.6 is 11.8 Å². The second kappa shape index (κ2) is 6.63. The van der Waals surface area contributed by atoms with Crippen molar-refractivity contribution in [3.8, 4) is 5.88 Å². The SMILES string of the molecule is CCSCC(NC)c1nccnc1OC. The summed E-state index contributed by atoms with van der Waals surface area (Å²) in [6.07, 6.45) is 3.33. The number of nitrogens with one attached hydrogen (secondary N) is 1. The van der Waals surface area contributed by atoms with Gasteiger partial charge in [0.25, 0.3) is 0 Å². The van der Waals surface area contributed by atoms with E-state index in [2.05, 4.69) is 22.2 Å². The molecule has 1 unspecified atom stereocenters. The molecule has 1 heterocycles.